The van der Waals surface area contributed by atoms with E-state index in [1.165, 1.54) is 6.07 Å². The van der Waals surface area contributed by atoms with Gasteiger partial charge in [-0.25, -0.2) is 9.37 Å². The highest BCUT2D eigenvalue weighted by Crippen LogP contribution is 2.13. The van der Waals surface area contributed by atoms with Gasteiger partial charge in [0.1, 0.15) is 11.6 Å². The van der Waals surface area contributed by atoms with Gasteiger partial charge < -0.3 is 10.6 Å². The topological polar surface area (TPSA) is 54.0 Å². The Morgan fingerprint density at radius 2 is 2.15 bits per heavy atom. The van der Waals surface area contributed by atoms with Crippen LogP contribution in [0.1, 0.15) is 50.4 Å². The van der Waals surface area contributed by atoms with Crippen molar-refractivity contribution in [1.82, 2.24) is 10.3 Å². The average Bonchev–Trinajstić information content (AvgIpc) is 2.41. The highest BCUT2D eigenvalue weighted by Gasteiger charge is 2.13. The van der Waals surface area contributed by atoms with E-state index in [9.17, 15) is 9.18 Å². The van der Waals surface area contributed by atoms with Crippen molar-refractivity contribution in [1.29, 1.82) is 0 Å². The molecular weight excluding hydrogens is 257 g/mol. The molecule has 0 aromatic carbocycles. The zero-order valence-electron chi connectivity index (χ0n) is 12.5. The Bertz CT molecular complexity index is 435. The van der Waals surface area contributed by atoms with E-state index in [1.807, 2.05) is 6.92 Å². The third-order valence-corrected chi connectivity index (χ3v) is 2.89. The molecule has 2 N–H and O–H groups in total. The number of nitrogens with one attached hydrogen (secondary N) is 2. The van der Waals surface area contributed by atoms with Gasteiger partial charge in [0.25, 0.3) is 5.91 Å². The van der Waals surface area contributed by atoms with Crippen molar-refractivity contribution in [3.05, 3.63) is 23.6 Å². The number of carbonyl (C=O) groups excluding carboxylic acids is 1. The average molecular weight is 281 g/mol. The first-order chi connectivity index (χ1) is 9.54. The van der Waals surface area contributed by atoms with Crippen molar-refractivity contribution in [2.45, 2.75) is 40.0 Å². The van der Waals surface area contributed by atoms with Gasteiger partial charge in [0.2, 0.25) is 0 Å². The lowest BCUT2D eigenvalue weighted by Gasteiger charge is -2.11. The first-order valence-corrected chi connectivity index (χ1v) is 7.22. The first kappa shape index (κ1) is 16.4. The summed E-state index contributed by atoms with van der Waals surface area (Å²) in [6, 6.07) is 1.22. The van der Waals surface area contributed by atoms with Crippen LogP contribution in [0.2, 0.25) is 0 Å². The van der Waals surface area contributed by atoms with Crippen LogP contribution in [0, 0.1) is 11.7 Å². The van der Waals surface area contributed by atoms with Gasteiger partial charge in [-0.15, -0.1) is 0 Å². The lowest BCUT2D eigenvalue weighted by molar-refractivity contribution is 0.0952. The van der Waals surface area contributed by atoms with Crippen LogP contribution in [0.5, 0.6) is 0 Å². The maximum atomic E-state index is 13.3. The zero-order chi connectivity index (χ0) is 15.0. The second-order valence-electron chi connectivity index (χ2n) is 5.27. The molecule has 0 aliphatic heterocycles. The molecule has 0 aliphatic carbocycles. The number of anilines is 1. The van der Waals surface area contributed by atoms with Gasteiger partial charge in [0, 0.05) is 13.1 Å². The monoisotopic (exact) mass is 281 g/mol. The number of amides is 1. The van der Waals surface area contributed by atoms with E-state index >= 15 is 0 Å². The van der Waals surface area contributed by atoms with Gasteiger partial charge in [0.15, 0.2) is 0 Å². The Kier molecular flexibility index (Phi) is 6.98. The molecule has 0 saturated carbocycles. The summed E-state index contributed by atoms with van der Waals surface area (Å²) in [5.41, 5.74) is 0.267. The van der Waals surface area contributed by atoms with Gasteiger partial charge in [-0.05, 0) is 31.2 Å². The molecule has 1 rings (SSSR count). The van der Waals surface area contributed by atoms with Gasteiger partial charge in [-0.1, -0.05) is 20.8 Å². The summed E-state index contributed by atoms with van der Waals surface area (Å²) >= 11 is 0. The van der Waals surface area contributed by atoms with Gasteiger partial charge in [-0.3, -0.25) is 4.79 Å². The molecule has 0 saturated heterocycles. The first-order valence-electron chi connectivity index (χ1n) is 7.22. The minimum Gasteiger partial charge on any atom is -0.369 e. The molecule has 0 radical (unpaired) electrons. The third-order valence-electron chi connectivity index (χ3n) is 2.89. The Balaban J connectivity index is 2.63. The molecular formula is C15H24FN3O. The van der Waals surface area contributed by atoms with Crippen LogP contribution < -0.4 is 10.6 Å². The van der Waals surface area contributed by atoms with E-state index in [1.54, 1.807) is 0 Å². The van der Waals surface area contributed by atoms with Gasteiger partial charge >= 0.3 is 0 Å². The zero-order valence-corrected chi connectivity index (χ0v) is 12.5. The van der Waals surface area contributed by atoms with Crippen LogP contribution in [0.15, 0.2) is 12.3 Å². The fourth-order valence-corrected chi connectivity index (χ4v) is 1.80. The molecule has 0 fully saturated rings. The molecule has 0 spiro atoms. The molecule has 1 aromatic heterocycles. The molecule has 0 aliphatic rings. The minimum absolute atomic E-state index is 0.267. The van der Waals surface area contributed by atoms with Crippen LogP contribution in [-0.2, 0) is 0 Å². The smallest absolute Gasteiger partial charge is 0.255 e. The third kappa shape index (κ3) is 5.55. The summed E-state index contributed by atoms with van der Waals surface area (Å²) < 4.78 is 13.3. The van der Waals surface area contributed by atoms with E-state index < -0.39 is 5.82 Å². The molecule has 1 aromatic rings. The molecule has 0 bridgehead atoms. The van der Waals surface area contributed by atoms with Crippen LogP contribution in [0.3, 0.4) is 0 Å². The standard InChI is InChI=1S/C15H24FN3O/c1-4-7-17-14-13(9-12(16)10-19-14)15(20)18-8-5-6-11(2)3/h9-11H,4-8H2,1-3H3,(H,17,19)(H,18,20). The Hall–Kier alpha value is -1.65. The maximum absolute atomic E-state index is 13.3. The van der Waals surface area contributed by atoms with Crippen molar-refractivity contribution in [2.75, 3.05) is 18.4 Å². The highest BCUT2D eigenvalue weighted by atomic mass is 19.1. The number of rotatable bonds is 8. The molecule has 0 unspecified atom stereocenters. The van der Waals surface area contributed by atoms with Crippen LogP contribution >= 0.6 is 0 Å². The molecule has 112 valence electrons. The second-order valence-corrected chi connectivity index (χ2v) is 5.27. The fourth-order valence-electron chi connectivity index (χ4n) is 1.80. The second kappa shape index (κ2) is 8.51. The normalized spacial score (nSPS) is 10.7. The van der Waals surface area contributed by atoms with E-state index in [2.05, 4.69) is 29.5 Å². The molecule has 4 nitrogen and oxygen atoms in total. The fraction of sp³-hybridized carbons (Fsp3) is 0.600. The summed E-state index contributed by atoms with van der Waals surface area (Å²) in [7, 11) is 0. The summed E-state index contributed by atoms with van der Waals surface area (Å²) in [6.45, 7) is 7.60. The lowest BCUT2D eigenvalue weighted by atomic mass is 10.1. The highest BCUT2D eigenvalue weighted by molar-refractivity contribution is 5.98. The summed E-state index contributed by atoms with van der Waals surface area (Å²) in [5.74, 6) is 0.276. The van der Waals surface area contributed by atoms with E-state index in [-0.39, 0.29) is 11.5 Å². The van der Waals surface area contributed by atoms with Crippen molar-refractivity contribution in [3.63, 3.8) is 0 Å². The Morgan fingerprint density at radius 1 is 1.40 bits per heavy atom. The predicted molar refractivity (Wildman–Crippen MR) is 79.4 cm³/mol. The number of pyridine rings is 1. The minimum atomic E-state index is -0.501. The van der Waals surface area contributed by atoms with E-state index in [4.69, 9.17) is 0 Å². The number of aromatic nitrogens is 1. The quantitative estimate of drug-likeness (QED) is 0.719. The molecule has 1 heterocycles. The summed E-state index contributed by atoms with van der Waals surface area (Å²) in [6.07, 6.45) is 4.01. The van der Waals surface area contributed by atoms with Crippen LogP contribution in [0.4, 0.5) is 10.2 Å². The van der Waals surface area contributed by atoms with Crippen LogP contribution in [-0.4, -0.2) is 24.0 Å². The van der Waals surface area contributed by atoms with Crippen molar-refractivity contribution >= 4 is 11.7 Å². The Morgan fingerprint density at radius 3 is 2.80 bits per heavy atom. The van der Waals surface area contributed by atoms with Crippen molar-refractivity contribution < 1.29 is 9.18 Å². The van der Waals surface area contributed by atoms with E-state index in [0.717, 1.165) is 25.5 Å². The SMILES string of the molecule is CCCNc1ncc(F)cc1C(=O)NCCCC(C)C. The van der Waals surface area contributed by atoms with Crippen molar-refractivity contribution in [2.24, 2.45) is 5.92 Å². The van der Waals surface area contributed by atoms with E-state index in [0.29, 0.717) is 24.8 Å². The number of halogens is 1. The number of hydrogen-bond acceptors (Lipinski definition) is 3. The number of hydrogen-bond donors (Lipinski definition) is 2. The Labute approximate surface area is 120 Å². The predicted octanol–water partition coefficient (Wildman–Crippen LogP) is 3.21. The number of nitrogens with zero attached hydrogens (tertiary/aromatic N) is 1. The maximum Gasteiger partial charge on any atom is 0.255 e. The number of carbonyl (C=O) groups is 1. The molecule has 20 heavy (non-hydrogen) atoms. The van der Waals surface area contributed by atoms with Gasteiger partial charge in [0.05, 0.1) is 11.8 Å². The summed E-state index contributed by atoms with van der Waals surface area (Å²) in [4.78, 5) is 16.0. The largest absolute Gasteiger partial charge is 0.369 e. The summed E-state index contributed by atoms with van der Waals surface area (Å²) in [5, 5.41) is 5.85. The molecule has 5 heteroatoms. The molecule has 1 amide bonds. The lowest BCUT2D eigenvalue weighted by Crippen LogP contribution is -2.26. The van der Waals surface area contributed by atoms with Gasteiger partial charge in [-0.2, -0.15) is 0 Å². The molecule has 0 atom stereocenters. The van der Waals surface area contributed by atoms with Crippen LogP contribution in [0.25, 0.3) is 0 Å². The van der Waals surface area contributed by atoms with Crippen molar-refractivity contribution in [3.8, 4) is 0 Å².